The Bertz CT molecular complexity index is 790. The first-order chi connectivity index (χ1) is 11.9. The van der Waals surface area contributed by atoms with Crippen LogP contribution in [-0.2, 0) is 6.54 Å². The summed E-state index contributed by atoms with van der Waals surface area (Å²) < 4.78 is 2.04. The van der Waals surface area contributed by atoms with Crippen LogP contribution in [0.5, 0.6) is 0 Å². The molecule has 0 radical (unpaired) electrons. The molecular formula is C19H21N5. The Hall–Kier alpha value is -2.53. The molecule has 0 amide bonds. The van der Waals surface area contributed by atoms with Crippen LogP contribution in [0.2, 0.25) is 0 Å². The van der Waals surface area contributed by atoms with E-state index in [2.05, 4.69) is 45.3 Å². The molecule has 3 heterocycles. The van der Waals surface area contributed by atoms with Crippen molar-refractivity contribution >= 4 is 0 Å². The van der Waals surface area contributed by atoms with Gasteiger partial charge in [0.1, 0.15) is 0 Å². The standard InChI is InChI=1S/C19H21N5/c1-2-10-23(9-1)12-13-24-11-6-18(22-24)16-4-3-5-17(14-16)19-15-20-7-8-21-19/h3-8,11,14-15H,1-2,9-10,12-13H2. The van der Waals surface area contributed by atoms with Crippen molar-refractivity contribution in [1.29, 1.82) is 0 Å². The van der Waals surface area contributed by atoms with Crippen molar-refractivity contribution in [1.82, 2.24) is 24.6 Å². The van der Waals surface area contributed by atoms with Gasteiger partial charge >= 0.3 is 0 Å². The predicted octanol–water partition coefficient (Wildman–Crippen LogP) is 3.10. The van der Waals surface area contributed by atoms with Crippen molar-refractivity contribution < 1.29 is 0 Å². The van der Waals surface area contributed by atoms with Crippen LogP contribution in [0.3, 0.4) is 0 Å². The molecule has 122 valence electrons. The van der Waals surface area contributed by atoms with Crippen molar-refractivity contribution in [3.8, 4) is 22.5 Å². The summed E-state index contributed by atoms with van der Waals surface area (Å²) in [6.45, 7) is 4.49. The van der Waals surface area contributed by atoms with Gasteiger partial charge in [0.15, 0.2) is 0 Å². The second-order valence-electron chi connectivity index (χ2n) is 6.18. The van der Waals surface area contributed by atoms with Crippen LogP contribution in [0, 0.1) is 0 Å². The Balaban J connectivity index is 1.50. The Morgan fingerprint density at radius 3 is 2.54 bits per heavy atom. The molecule has 1 saturated heterocycles. The quantitative estimate of drug-likeness (QED) is 0.725. The van der Waals surface area contributed by atoms with Gasteiger partial charge in [0.25, 0.3) is 0 Å². The number of benzene rings is 1. The third kappa shape index (κ3) is 3.36. The van der Waals surface area contributed by atoms with Crippen LogP contribution in [0.25, 0.3) is 22.5 Å². The first kappa shape index (κ1) is 15.0. The highest BCUT2D eigenvalue weighted by molar-refractivity contribution is 5.68. The summed E-state index contributed by atoms with van der Waals surface area (Å²) in [6, 6.07) is 10.4. The van der Waals surface area contributed by atoms with E-state index >= 15 is 0 Å². The van der Waals surface area contributed by atoms with Gasteiger partial charge in [-0.05, 0) is 38.1 Å². The molecule has 5 nitrogen and oxygen atoms in total. The second-order valence-corrected chi connectivity index (χ2v) is 6.18. The lowest BCUT2D eigenvalue weighted by Gasteiger charge is -2.13. The van der Waals surface area contributed by atoms with Gasteiger partial charge in [-0.2, -0.15) is 5.10 Å². The molecule has 5 heteroatoms. The van der Waals surface area contributed by atoms with Gasteiger partial charge in [-0.3, -0.25) is 14.6 Å². The van der Waals surface area contributed by atoms with Crippen molar-refractivity contribution in [2.45, 2.75) is 19.4 Å². The molecule has 0 N–H and O–H groups in total. The lowest BCUT2D eigenvalue weighted by Crippen LogP contribution is -2.24. The molecular weight excluding hydrogens is 298 g/mol. The summed E-state index contributed by atoms with van der Waals surface area (Å²) in [5, 5.41) is 4.73. The van der Waals surface area contributed by atoms with Crippen molar-refractivity contribution in [3.63, 3.8) is 0 Å². The third-order valence-electron chi connectivity index (χ3n) is 4.50. The van der Waals surface area contributed by atoms with Crippen LogP contribution in [0.1, 0.15) is 12.8 Å². The van der Waals surface area contributed by atoms with Gasteiger partial charge in [0, 0.05) is 36.3 Å². The molecule has 2 aromatic heterocycles. The molecule has 0 unspecified atom stereocenters. The lowest BCUT2D eigenvalue weighted by atomic mass is 10.1. The molecule has 3 aromatic rings. The van der Waals surface area contributed by atoms with E-state index in [0.29, 0.717) is 0 Å². The summed E-state index contributed by atoms with van der Waals surface area (Å²) in [4.78, 5) is 11.0. The van der Waals surface area contributed by atoms with Crippen LogP contribution in [0.15, 0.2) is 55.1 Å². The molecule has 1 fully saturated rings. The monoisotopic (exact) mass is 319 g/mol. The molecule has 0 atom stereocenters. The minimum atomic E-state index is 0.882. The maximum atomic E-state index is 4.73. The normalized spacial score (nSPS) is 15.0. The van der Waals surface area contributed by atoms with E-state index in [0.717, 1.165) is 35.6 Å². The summed E-state index contributed by atoms with van der Waals surface area (Å²) in [5.74, 6) is 0. The van der Waals surface area contributed by atoms with Gasteiger partial charge < -0.3 is 4.90 Å². The van der Waals surface area contributed by atoms with E-state index in [-0.39, 0.29) is 0 Å². The topological polar surface area (TPSA) is 46.8 Å². The molecule has 1 aliphatic rings. The molecule has 0 spiro atoms. The van der Waals surface area contributed by atoms with Crippen molar-refractivity contribution in [3.05, 3.63) is 55.1 Å². The fourth-order valence-corrected chi connectivity index (χ4v) is 3.18. The van der Waals surface area contributed by atoms with Crippen LogP contribution in [-0.4, -0.2) is 44.3 Å². The van der Waals surface area contributed by atoms with E-state index in [4.69, 9.17) is 5.10 Å². The first-order valence-corrected chi connectivity index (χ1v) is 8.51. The maximum absolute atomic E-state index is 4.73. The summed E-state index contributed by atoms with van der Waals surface area (Å²) in [6.07, 6.45) is 9.93. The Kier molecular flexibility index (Phi) is 4.34. The first-order valence-electron chi connectivity index (χ1n) is 8.51. The smallest absolute Gasteiger partial charge is 0.0923 e. The minimum absolute atomic E-state index is 0.882. The average molecular weight is 319 g/mol. The number of rotatable bonds is 5. The number of hydrogen-bond donors (Lipinski definition) is 0. The second kappa shape index (κ2) is 6.93. The number of hydrogen-bond acceptors (Lipinski definition) is 4. The summed E-state index contributed by atoms with van der Waals surface area (Å²) in [5.41, 5.74) is 4.06. The molecule has 1 aromatic carbocycles. The predicted molar refractivity (Wildman–Crippen MR) is 94.4 cm³/mol. The van der Waals surface area contributed by atoms with E-state index in [1.165, 1.54) is 25.9 Å². The van der Waals surface area contributed by atoms with E-state index in [9.17, 15) is 0 Å². The zero-order valence-corrected chi connectivity index (χ0v) is 13.7. The molecule has 0 aliphatic carbocycles. The summed E-state index contributed by atoms with van der Waals surface area (Å²) >= 11 is 0. The van der Waals surface area contributed by atoms with Gasteiger partial charge in [-0.25, -0.2) is 0 Å². The fourth-order valence-electron chi connectivity index (χ4n) is 3.18. The molecule has 4 rings (SSSR count). The maximum Gasteiger partial charge on any atom is 0.0923 e. The highest BCUT2D eigenvalue weighted by Gasteiger charge is 2.11. The van der Waals surface area contributed by atoms with Gasteiger partial charge in [0.2, 0.25) is 0 Å². The highest BCUT2D eigenvalue weighted by Crippen LogP contribution is 2.23. The number of nitrogens with zero attached hydrogens (tertiary/aromatic N) is 5. The zero-order chi connectivity index (χ0) is 16.2. The van der Waals surface area contributed by atoms with Crippen molar-refractivity contribution in [2.24, 2.45) is 0 Å². The van der Waals surface area contributed by atoms with Gasteiger partial charge in [-0.15, -0.1) is 0 Å². The Morgan fingerprint density at radius 2 is 1.75 bits per heavy atom. The van der Waals surface area contributed by atoms with E-state index in [1.807, 2.05) is 10.7 Å². The molecule has 0 saturated carbocycles. The van der Waals surface area contributed by atoms with E-state index < -0.39 is 0 Å². The van der Waals surface area contributed by atoms with Crippen molar-refractivity contribution in [2.75, 3.05) is 19.6 Å². The molecule has 24 heavy (non-hydrogen) atoms. The van der Waals surface area contributed by atoms with Crippen LogP contribution in [0.4, 0.5) is 0 Å². The summed E-state index contributed by atoms with van der Waals surface area (Å²) in [7, 11) is 0. The molecule has 0 bridgehead atoms. The zero-order valence-electron chi connectivity index (χ0n) is 13.7. The van der Waals surface area contributed by atoms with E-state index in [1.54, 1.807) is 18.6 Å². The van der Waals surface area contributed by atoms with Gasteiger partial charge in [0.05, 0.1) is 24.1 Å². The van der Waals surface area contributed by atoms with Gasteiger partial charge in [-0.1, -0.05) is 18.2 Å². The SMILES string of the molecule is c1cc(-c2cnccn2)cc(-c2ccn(CCN3CCCC3)n2)c1. The van der Waals surface area contributed by atoms with Crippen LogP contribution < -0.4 is 0 Å². The average Bonchev–Trinajstić information content (AvgIpc) is 3.33. The molecule has 1 aliphatic heterocycles. The number of aromatic nitrogens is 4. The minimum Gasteiger partial charge on any atom is -0.301 e. The largest absolute Gasteiger partial charge is 0.301 e. The van der Waals surface area contributed by atoms with Crippen LogP contribution >= 0.6 is 0 Å². The Labute approximate surface area is 142 Å². The fraction of sp³-hybridized carbons (Fsp3) is 0.316. The third-order valence-corrected chi connectivity index (χ3v) is 4.50. The Morgan fingerprint density at radius 1 is 0.917 bits per heavy atom. The lowest BCUT2D eigenvalue weighted by molar-refractivity contribution is 0.316. The number of likely N-dealkylation sites (tertiary alicyclic amines) is 1. The highest BCUT2D eigenvalue weighted by atomic mass is 15.3.